The Labute approximate surface area is 175 Å². The lowest BCUT2D eigenvalue weighted by Gasteiger charge is -2.28. The number of hydrogen-bond donors (Lipinski definition) is 0. The van der Waals surface area contributed by atoms with Crippen molar-refractivity contribution in [2.45, 2.75) is 92.9 Å². The number of unbranched alkanes of at least 4 members (excludes halogenated alkanes) is 4. The van der Waals surface area contributed by atoms with Crippen LogP contribution in [-0.2, 0) is 16.3 Å². The molecule has 0 amide bonds. The smallest absolute Gasteiger partial charge is 0.0594 e. The summed E-state index contributed by atoms with van der Waals surface area (Å²) < 4.78 is 4.80. The summed E-state index contributed by atoms with van der Waals surface area (Å²) in [6, 6.07) is 0. The Morgan fingerprint density at radius 3 is 1.35 bits per heavy atom. The predicted molar refractivity (Wildman–Crippen MR) is 130 cm³/mol. The van der Waals surface area contributed by atoms with Crippen molar-refractivity contribution in [3.8, 4) is 0 Å². The quantitative estimate of drug-likeness (QED) is 0.230. The summed E-state index contributed by atoms with van der Waals surface area (Å²) >= 11 is 5.84. The summed E-state index contributed by atoms with van der Waals surface area (Å²) in [5.74, 6) is 0.751. The SMILES string of the molecule is CCCC[P+](CCCC)(CCCC)CCCC.CCOP([O-])(=S)SCC. The van der Waals surface area contributed by atoms with Crippen molar-refractivity contribution in [3.63, 3.8) is 0 Å². The van der Waals surface area contributed by atoms with Crippen molar-refractivity contribution in [2.24, 2.45) is 0 Å². The molecule has 0 heterocycles. The minimum atomic E-state index is -2.69. The maximum absolute atomic E-state index is 11.0. The summed E-state index contributed by atoms with van der Waals surface area (Å²) in [5.41, 5.74) is -2.69. The monoisotopic (exact) mass is 444 g/mol. The maximum Gasteiger partial charge on any atom is 0.0594 e. The van der Waals surface area contributed by atoms with Crippen LogP contribution in [0.4, 0.5) is 0 Å². The first-order chi connectivity index (χ1) is 12.4. The van der Waals surface area contributed by atoms with Gasteiger partial charge in [0.25, 0.3) is 0 Å². The molecule has 160 valence electrons. The number of rotatable bonds is 16. The van der Waals surface area contributed by atoms with Gasteiger partial charge >= 0.3 is 0 Å². The van der Waals surface area contributed by atoms with Crippen LogP contribution in [0.15, 0.2) is 0 Å². The molecule has 1 unspecified atom stereocenters. The number of hydrogen-bond acceptors (Lipinski definition) is 4. The van der Waals surface area contributed by atoms with E-state index in [0.29, 0.717) is 6.61 Å². The zero-order valence-corrected chi connectivity index (χ0v) is 21.8. The minimum Gasteiger partial charge on any atom is -0.793 e. The van der Waals surface area contributed by atoms with E-state index in [9.17, 15) is 4.89 Å². The highest BCUT2D eigenvalue weighted by Crippen LogP contribution is 2.61. The van der Waals surface area contributed by atoms with E-state index in [1.807, 2.05) is 6.92 Å². The van der Waals surface area contributed by atoms with E-state index in [0.717, 1.165) is 5.75 Å². The Morgan fingerprint density at radius 2 is 1.12 bits per heavy atom. The van der Waals surface area contributed by atoms with Gasteiger partial charge in [-0.05, 0) is 38.4 Å². The first-order valence-corrected chi connectivity index (χ1v) is 17.6. The van der Waals surface area contributed by atoms with E-state index in [-0.39, 0.29) is 0 Å². The van der Waals surface area contributed by atoms with Crippen LogP contribution in [0.25, 0.3) is 0 Å². The van der Waals surface area contributed by atoms with Crippen molar-refractivity contribution in [3.05, 3.63) is 0 Å². The molecule has 0 aliphatic carbocycles. The third kappa shape index (κ3) is 17.4. The molecule has 0 aliphatic rings. The molecular weight excluding hydrogens is 398 g/mol. The van der Waals surface area contributed by atoms with Crippen molar-refractivity contribution in [2.75, 3.05) is 37.0 Å². The summed E-state index contributed by atoms with van der Waals surface area (Å²) in [7, 11) is -0.562. The molecule has 1 atom stereocenters. The molecule has 2 nitrogen and oxygen atoms in total. The average molecular weight is 445 g/mol. The minimum absolute atomic E-state index is 0.438. The van der Waals surface area contributed by atoms with Crippen molar-refractivity contribution >= 4 is 36.1 Å². The Hall–Kier alpha value is 1.35. The third-order valence-corrected chi connectivity index (χ3v) is 14.0. The van der Waals surface area contributed by atoms with Crippen LogP contribution in [0.5, 0.6) is 0 Å². The zero-order chi connectivity index (χ0) is 20.3. The molecule has 6 heteroatoms. The van der Waals surface area contributed by atoms with Crippen LogP contribution in [0, 0.1) is 0 Å². The first kappa shape index (κ1) is 29.6. The maximum atomic E-state index is 11.0. The molecule has 0 N–H and O–H groups in total. The zero-order valence-electron chi connectivity index (χ0n) is 18.4. The van der Waals surface area contributed by atoms with Gasteiger partial charge in [-0.25, -0.2) is 0 Å². The first-order valence-electron chi connectivity index (χ1n) is 10.8. The van der Waals surface area contributed by atoms with Gasteiger partial charge in [0.2, 0.25) is 0 Å². The van der Waals surface area contributed by atoms with Gasteiger partial charge in [0.05, 0.1) is 24.6 Å². The fraction of sp³-hybridized carbons (Fsp3) is 1.00. The van der Waals surface area contributed by atoms with E-state index in [2.05, 4.69) is 39.5 Å². The Balaban J connectivity index is 0. The van der Waals surface area contributed by atoms with Gasteiger partial charge in [0, 0.05) is 19.6 Å². The van der Waals surface area contributed by atoms with Crippen LogP contribution in [-0.4, -0.2) is 37.0 Å². The molecule has 0 rings (SSSR count). The summed E-state index contributed by atoms with van der Waals surface area (Å²) in [6.45, 7) is 13.6. The fourth-order valence-corrected chi connectivity index (χ4v) is 11.7. The van der Waals surface area contributed by atoms with Gasteiger partial charge in [-0.15, -0.1) is 11.4 Å². The largest absolute Gasteiger partial charge is 0.793 e. The molecule has 0 saturated heterocycles. The van der Waals surface area contributed by atoms with Crippen molar-refractivity contribution in [1.29, 1.82) is 0 Å². The normalized spacial score (nSPS) is 13.8. The van der Waals surface area contributed by atoms with Crippen LogP contribution < -0.4 is 4.89 Å². The Bertz CT molecular complexity index is 294. The molecule has 0 aliphatic heterocycles. The fourth-order valence-electron chi connectivity index (χ4n) is 3.00. The van der Waals surface area contributed by atoms with E-state index in [1.54, 1.807) is 31.6 Å². The molecule has 0 bridgehead atoms. The van der Waals surface area contributed by atoms with Gasteiger partial charge in [-0.2, -0.15) is 0 Å². The lowest BCUT2D eigenvalue weighted by Crippen LogP contribution is -2.12. The second-order valence-electron chi connectivity index (χ2n) is 6.93. The highest BCUT2D eigenvalue weighted by atomic mass is 32.9. The highest BCUT2D eigenvalue weighted by Gasteiger charge is 2.34. The highest BCUT2D eigenvalue weighted by molar-refractivity contribution is 8.67. The van der Waals surface area contributed by atoms with Gasteiger partial charge in [-0.3, -0.25) is 0 Å². The van der Waals surface area contributed by atoms with Crippen molar-refractivity contribution in [1.82, 2.24) is 0 Å². The van der Waals surface area contributed by atoms with Gasteiger partial charge in [-0.1, -0.05) is 72.1 Å². The molecule has 0 aromatic heterocycles. The second-order valence-corrected chi connectivity index (χ2v) is 17.7. The van der Waals surface area contributed by atoms with Gasteiger partial charge in [0.1, 0.15) is 0 Å². The summed E-state index contributed by atoms with van der Waals surface area (Å²) in [5, 5.41) is 0. The lowest BCUT2D eigenvalue weighted by molar-refractivity contribution is -0.174. The van der Waals surface area contributed by atoms with Crippen LogP contribution >= 0.6 is 24.3 Å². The second kappa shape index (κ2) is 19.7. The summed E-state index contributed by atoms with van der Waals surface area (Å²) in [4.78, 5) is 11.0. The Morgan fingerprint density at radius 1 is 0.769 bits per heavy atom. The lowest BCUT2D eigenvalue weighted by atomic mass is 10.4. The molecule has 0 aromatic rings. The standard InChI is InChI=1S/C16H36P.C4H11O2PS2/c1-5-9-13-17(14-10-6-2,15-11-7-3)16-12-8-4;1-3-6-7(5,8)9-4-2/h5-16H2,1-4H3;3-4H2,1-2H3,(H,5,8)/q+1;/p-1. The molecule has 0 radical (unpaired) electrons. The summed E-state index contributed by atoms with van der Waals surface area (Å²) in [6.07, 6.45) is 17.9. The molecule has 26 heavy (non-hydrogen) atoms. The van der Waals surface area contributed by atoms with E-state index < -0.39 is 13.0 Å². The van der Waals surface area contributed by atoms with Gasteiger partial charge < -0.3 is 9.42 Å². The van der Waals surface area contributed by atoms with Gasteiger partial charge in [0.15, 0.2) is 0 Å². The molecule has 0 saturated carbocycles. The Kier molecular flexibility index (Phi) is 22.3. The predicted octanol–water partition coefficient (Wildman–Crippen LogP) is 7.57. The van der Waals surface area contributed by atoms with Crippen LogP contribution in [0.2, 0.25) is 0 Å². The van der Waals surface area contributed by atoms with Crippen LogP contribution in [0.3, 0.4) is 0 Å². The topological polar surface area (TPSA) is 32.3 Å². The van der Waals surface area contributed by atoms with E-state index >= 15 is 0 Å². The third-order valence-electron chi connectivity index (χ3n) is 4.52. The molecule has 0 aromatic carbocycles. The molecule has 0 spiro atoms. The van der Waals surface area contributed by atoms with E-state index in [4.69, 9.17) is 4.52 Å². The molecular formula is C20H46O2P2S2. The van der Waals surface area contributed by atoms with E-state index in [1.165, 1.54) is 62.7 Å². The average Bonchev–Trinajstić information content (AvgIpc) is 2.61. The van der Waals surface area contributed by atoms with Crippen LogP contribution in [0.1, 0.15) is 92.9 Å². The molecule has 0 fully saturated rings. The van der Waals surface area contributed by atoms with Crippen molar-refractivity contribution < 1.29 is 9.42 Å².